The Balaban J connectivity index is 0.904. The number of rotatable bonds is 12. The van der Waals surface area contributed by atoms with Crippen molar-refractivity contribution in [2.24, 2.45) is 46.3 Å². The molecule has 19 nitrogen and oxygen atoms in total. The van der Waals surface area contributed by atoms with Gasteiger partial charge in [-0.3, -0.25) is 0 Å². The highest BCUT2D eigenvalue weighted by atomic mass is 16.8. The molecule has 64 heavy (non-hydrogen) atoms. The van der Waals surface area contributed by atoms with Crippen molar-refractivity contribution in [3.8, 4) is 0 Å². The van der Waals surface area contributed by atoms with E-state index in [1.807, 2.05) is 6.92 Å². The molecule has 1 unspecified atom stereocenters. The van der Waals surface area contributed by atoms with Crippen molar-refractivity contribution in [3.05, 3.63) is 11.6 Å². The third-order valence-corrected chi connectivity index (χ3v) is 17.4. The summed E-state index contributed by atoms with van der Waals surface area (Å²) < 4.78 is 42.3. The molecule has 7 fully saturated rings. The average molecular weight is 919 g/mol. The fraction of sp³-hybridized carbons (Fsp3) is 0.956. The van der Waals surface area contributed by atoms with Crippen LogP contribution in [0.15, 0.2) is 11.6 Å². The van der Waals surface area contributed by atoms with E-state index in [2.05, 4.69) is 26.8 Å². The molecule has 0 spiro atoms. The van der Waals surface area contributed by atoms with Gasteiger partial charge in [0.05, 0.1) is 44.2 Å². The summed E-state index contributed by atoms with van der Waals surface area (Å²) >= 11 is 0. The van der Waals surface area contributed by atoms with Crippen LogP contribution in [-0.4, -0.2) is 197 Å². The van der Waals surface area contributed by atoms with Crippen LogP contribution in [0.5, 0.6) is 0 Å². The highest BCUT2D eigenvalue weighted by molar-refractivity contribution is 5.28. The summed E-state index contributed by atoms with van der Waals surface area (Å²) in [5, 5.41) is 127. The maximum absolute atomic E-state index is 12.2. The maximum atomic E-state index is 12.2. The predicted octanol–water partition coefficient (Wildman–Crippen LogP) is -1.86. The molecule has 0 aromatic carbocycles. The van der Waals surface area contributed by atoms with Gasteiger partial charge in [0.2, 0.25) is 0 Å². The van der Waals surface area contributed by atoms with Crippen LogP contribution < -0.4 is 0 Å². The molecule has 4 aliphatic carbocycles. The zero-order chi connectivity index (χ0) is 46.4. The van der Waals surface area contributed by atoms with Gasteiger partial charge in [0.25, 0.3) is 0 Å². The number of ether oxygens (including phenoxy) is 7. The van der Waals surface area contributed by atoms with Crippen LogP contribution in [0.1, 0.15) is 86.0 Å². The number of allylic oxidation sites excluding steroid dienone is 1. The highest BCUT2D eigenvalue weighted by Crippen LogP contribution is 2.70. The zero-order valence-electron chi connectivity index (χ0n) is 37.4. The first-order valence-corrected chi connectivity index (χ1v) is 23.5. The summed E-state index contributed by atoms with van der Waals surface area (Å²) in [7, 11) is 0. The largest absolute Gasteiger partial charge is 0.394 e. The summed E-state index contributed by atoms with van der Waals surface area (Å²) in [5.74, 6) is -1.01. The highest BCUT2D eigenvalue weighted by Gasteiger charge is 2.69. The Hall–Kier alpha value is -1.02. The lowest BCUT2D eigenvalue weighted by molar-refractivity contribution is -0.365. The minimum Gasteiger partial charge on any atom is -0.394 e. The van der Waals surface area contributed by atoms with Crippen molar-refractivity contribution < 1.29 is 94.4 Å². The number of hydrogen-bond acceptors (Lipinski definition) is 19. The van der Waals surface area contributed by atoms with Gasteiger partial charge in [-0.1, -0.05) is 39.3 Å². The van der Waals surface area contributed by atoms with E-state index in [4.69, 9.17) is 33.2 Å². The third kappa shape index (κ3) is 8.36. The smallest absolute Gasteiger partial charge is 0.187 e. The summed E-state index contributed by atoms with van der Waals surface area (Å²) in [4.78, 5) is 0. The van der Waals surface area contributed by atoms with Crippen LogP contribution in [-0.2, 0) is 33.2 Å². The Morgan fingerprint density at radius 3 is 2.05 bits per heavy atom. The molecule has 3 saturated carbocycles. The van der Waals surface area contributed by atoms with Gasteiger partial charge in [-0.05, 0) is 80.5 Å². The first kappa shape index (κ1) is 49.4. The number of aliphatic hydroxyl groups is 12. The SMILES string of the molecule is C[C@H](CCC1(O)O[C@H]2C[C@H]3[C@@H]4CC=C5C[C@@H](O)C[C@@H](O[C@@H]6O[C@H](CO)[C@H](O)[C@H](O)[C@H]6O)[C@]5(C)[C@H]4CC[C@]3(C)[C@H]2[C@@H]1C)CO[C@@H]1O[C@H](CO)[C@@H](O)[C@H](O)[C@H]1O[C@@H]1O[C@@H](C)[C@H](O)[C@@H](O)[C@H]1O. The average Bonchev–Trinajstić information content (AvgIpc) is 3.70. The van der Waals surface area contributed by atoms with E-state index in [0.29, 0.717) is 25.7 Å². The molecule has 8 rings (SSSR count). The van der Waals surface area contributed by atoms with Crippen LogP contribution in [0, 0.1) is 46.3 Å². The Kier molecular flexibility index (Phi) is 14.4. The fourth-order valence-corrected chi connectivity index (χ4v) is 13.6. The van der Waals surface area contributed by atoms with Gasteiger partial charge in [0.15, 0.2) is 24.7 Å². The molecule has 4 heterocycles. The fourth-order valence-electron chi connectivity index (χ4n) is 13.6. The minimum atomic E-state index is -1.69. The number of hydrogen-bond donors (Lipinski definition) is 12. The van der Waals surface area contributed by atoms with Crippen molar-refractivity contribution in [2.45, 2.75) is 202 Å². The Bertz CT molecular complexity index is 1640. The van der Waals surface area contributed by atoms with Crippen molar-refractivity contribution >= 4 is 0 Å². The van der Waals surface area contributed by atoms with Crippen molar-refractivity contribution in [3.63, 3.8) is 0 Å². The van der Waals surface area contributed by atoms with E-state index in [9.17, 15) is 61.3 Å². The van der Waals surface area contributed by atoms with Crippen molar-refractivity contribution in [1.29, 1.82) is 0 Å². The number of fused-ring (bicyclic) bond motifs is 7. The molecule has 0 bridgehead atoms. The summed E-state index contributed by atoms with van der Waals surface area (Å²) in [6.07, 6.45) is -15.6. The molecule has 27 atom stereocenters. The lowest BCUT2D eigenvalue weighted by atomic mass is 9.46. The zero-order valence-corrected chi connectivity index (χ0v) is 37.4. The van der Waals surface area contributed by atoms with Crippen LogP contribution in [0.25, 0.3) is 0 Å². The maximum Gasteiger partial charge on any atom is 0.187 e. The Morgan fingerprint density at radius 2 is 1.38 bits per heavy atom. The molecule has 0 aromatic heterocycles. The molecule has 0 aromatic rings. The third-order valence-electron chi connectivity index (χ3n) is 17.4. The second-order valence-corrected chi connectivity index (χ2v) is 21.1. The quantitative estimate of drug-likeness (QED) is 0.0956. The van der Waals surface area contributed by atoms with E-state index < -0.39 is 129 Å². The van der Waals surface area contributed by atoms with Gasteiger partial charge < -0.3 is 94.4 Å². The molecule has 0 amide bonds. The topological polar surface area (TPSA) is 307 Å². The van der Waals surface area contributed by atoms with E-state index >= 15 is 0 Å². The van der Waals surface area contributed by atoms with Crippen LogP contribution >= 0.6 is 0 Å². The Labute approximate surface area is 373 Å². The lowest BCUT2D eigenvalue weighted by Gasteiger charge is -2.60. The van der Waals surface area contributed by atoms with Crippen LogP contribution in [0.3, 0.4) is 0 Å². The lowest BCUT2D eigenvalue weighted by Crippen LogP contribution is -2.64. The molecule has 4 saturated heterocycles. The summed E-state index contributed by atoms with van der Waals surface area (Å²) in [6, 6.07) is 0. The molecule has 368 valence electrons. The van der Waals surface area contributed by atoms with E-state index in [1.54, 1.807) is 0 Å². The molecule has 0 radical (unpaired) electrons. The molecule has 12 N–H and O–H groups in total. The van der Waals surface area contributed by atoms with Crippen molar-refractivity contribution in [2.75, 3.05) is 19.8 Å². The predicted molar refractivity (Wildman–Crippen MR) is 219 cm³/mol. The monoisotopic (exact) mass is 918 g/mol. The standard InChI is InChI=1S/C45H74O19/c1-18(17-58-42-39(36(54)33(51)28(16-47)61-42)63-40-37(55)34(52)31(49)20(3)59-40)8-11-45(57)19(2)30-26(64-45)14-25-23-7-6-21-12-22(48)13-29(44(21,5)24(23)9-10-43(25,30)4)62-41-38(56)35(53)32(50)27(15-46)60-41/h6,18-20,22-42,46-57H,7-17H2,1-5H3/t18-,19+,20+,22-,23-,24+,25+,26+,27-,28-,29-,30+,31+,32+,33-,34-,35+,36+,37-,38-,39-,40+,41+,42-,43+,44+,45?/m1/s1. The van der Waals surface area contributed by atoms with Gasteiger partial charge in [-0.25, -0.2) is 0 Å². The molecular formula is C45H74O19. The molecule has 19 heteroatoms. The molecular weight excluding hydrogens is 844 g/mol. The van der Waals surface area contributed by atoms with E-state index in [0.717, 1.165) is 31.3 Å². The van der Waals surface area contributed by atoms with Gasteiger partial charge in [0, 0.05) is 24.2 Å². The normalized spacial score (nSPS) is 55.5. The van der Waals surface area contributed by atoms with Gasteiger partial charge >= 0.3 is 0 Å². The number of aliphatic hydroxyl groups excluding tert-OH is 11. The van der Waals surface area contributed by atoms with Gasteiger partial charge in [-0.15, -0.1) is 0 Å². The van der Waals surface area contributed by atoms with Crippen LogP contribution in [0.2, 0.25) is 0 Å². The second kappa shape index (κ2) is 18.7. The molecule has 4 aliphatic heterocycles. The second-order valence-electron chi connectivity index (χ2n) is 21.1. The van der Waals surface area contributed by atoms with Crippen LogP contribution in [0.4, 0.5) is 0 Å². The minimum absolute atomic E-state index is 0.0594. The summed E-state index contributed by atoms with van der Waals surface area (Å²) in [5.41, 5.74) is 0.442. The Morgan fingerprint density at radius 1 is 0.750 bits per heavy atom. The van der Waals surface area contributed by atoms with Gasteiger partial charge in [0.1, 0.15) is 67.1 Å². The summed E-state index contributed by atoms with van der Waals surface area (Å²) in [6.45, 7) is 8.84. The van der Waals surface area contributed by atoms with Crippen molar-refractivity contribution in [1.82, 2.24) is 0 Å². The van der Waals surface area contributed by atoms with E-state index in [-0.39, 0.29) is 53.6 Å². The first-order valence-electron chi connectivity index (χ1n) is 23.5. The molecule has 8 aliphatic rings. The van der Waals surface area contributed by atoms with Gasteiger partial charge in [-0.2, -0.15) is 0 Å². The first-order chi connectivity index (χ1) is 30.2. The van der Waals surface area contributed by atoms with E-state index in [1.165, 1.54) is 6.92 Å².